The maximum Gasteiger partial charge on any atom is 0.340 e. The summed E-state index contributed by atoms with van der Waals surface area (Å²) >= 11 is 1.07. The molecule has 116 valence electrons. The van der Waals surface area contributed by atoms with Crippen molar-refractivity contribution in [2.75, 3.05) is 25.0 Å². The third-order valence-electron chi connectivity index (χ3n) is 3.96. The summed E-state index contributed by atoms with van der Waals surface area (Å²) in [5.74, 6) is -0.486. The van der Waals surface area contributed by atoms with E-state index in [4.69, 9.17) is 0 Å². The first kappa shape index (κ1) is 15.9. The molecule has 6 nitrogen and oxygen atoms in total. The van der Waals surface area contributed by atoms with Gasteiger partial charge in [-0.25, -0.2) is 4.79 Å². The van der Waals surface area contributed by atoms with E-state index in [2.05, 4.69) is 9.69 Å². The normalized spacial score (nSPS) is 15.9. The lowest BCUT2D eigenvalue weighted by atomic mass is 9.93. The minimum atomic E-state index is -1.03. The highest BCUT2D eigenvalue weighted by molar-refractivity contribution is 7.11. The van der Waals surface area contributed by atoms with Gasteiger partial charge in [0.1, 0.15) is 10.6 Å². The number of amides is 1. The van der Waals surface area contributed by atoms with E-state index in [1.807, 2.05) is 0 Å². The number of carbonyl (C=O) groups excluding carboxylic acids is 1. The summed E-state index contributed by atoms with van der Waals surface area (Å²) in [6.07, 6.45) is 3.54. The maximum absolute atomic E-state index is 12.3. The van der Waals surface area contributed by atoms with Gasteiger partial charge in [0.15, 0.2) is 0 Å². The lowest BCUT2D eigenvalue weighted by Crippen LogP contribution is -2.30. The molecule has 1 aliphatic heterocycles. The molecule has 0 atom stereocenters. The van der Waals surface area contributed by atoms with E-state index < -0.39 is 5.97 Å². The van der Waals surface area contributed by atoms with E-state index in [9.17, 15) is 14.7 Å². The standard InChI is InChI=1S/C14H21N3O3S/c1-9-12(14(19)20)13(21-16-9)17(2)11(18)4-3-10-5-7-15-8-6-10/h10,15H,3-8H2,1-2H3,(H,19,20). The van der Waals surface area contributed by atoms with E-state index in [0.717, 1.165) is 43.9 Å². The fourth-order valence-electron chi connectivity index (χ4n) is 2.61. The van der Waals surface area contributed by atoms with Crippen LogP contribution in [0, 0.1) is 12.8 Å². The number of piperidine rings is 1. The summed E-state index contributed by atoms with van der Waals surface area (Å²) in [6, 6.07) is 0. The number of nitrogens with one attached hydrogen (secondary N) is 1. The van der Waals surface area contributed by atoms with Crippen LogP contribution < -0.4 is 10.2 Å². The monoisotopic (exact) mass is 311 g/mol. The molecule has 0 bridgehead atoms. The van der Waals surface area contributed by atoms with Crippen LogP contribution in [0.2, 0.25) is 0 Å². The van der Waals surface area contributed by atoms with Crippen LogP contribution in [0.1, 0.15) is 41.7 Å². The van der Waals surface area contributed by atoms with Crippen molar-refractivity contribution >= 4 is 28.4 Å². The Balaban J connectivity index is 1.97. The first-order valence-corrected chi connectivity index (χ1v) is 7.95. The number of aromatic carboxylic acids is 1. The van der Waals surface area contributed by atoms with Crippen LogP contribution in [-0.4, -0.2) is 41.5 Å². The van der Waals surface area contributed by atoms with Crippen LogP contribution in [0.3, 0.4) is 0 Å². The Morgan fingerprint density at radius 1 is 1.43 bits per heavy atom. The second kappa shape index (κ2) is 7.00. The van der Waals surface area contributed by atoms with Crippen LogP contribution in [0.15, 0.2) is 0 Å². The SMILES string of the molecule is Cc1nsc(N(C)C(=O)CCC2CCNCC2)c1C(=O)O. The van der Waals surface area contributed by atoms with E-state index in [0.29, 0.717) is 23.0 Å². The van der Waals surface area contributed by atoms with Gasteiger partial charge in [0, 0.05) is 13.5 Å². The van der Waals surface area contributed by atoms with Crippen LogP contribution in [0.5, 0.6) is 0 Å². The fourth-order valence-corrected chi connectivity index (χ4v) is 3.48. The lowest BCUT2D eigenvalue weighted by molar-refractivity contribution is -0.118. The molecule has 2 rings (SSSR count). The fraction of sp³-hybridized carbons (Fsp3) is 0.643. The molecule has 0 radical (unpaired) electrons. The van der Waals surface area contributed by atoms with Gasteiger partial charge in [-0.1, -0.05) is 0 Å². The van der Waals surface area contributed by atoms with Gasteiger partial charge in [0.25, 0.3) is 0 Å². The number of aromatic nitrogens is 1. The molecule has 0 unspecified atom stereocenters. The van der Waals surface area contributed by atoms with Gasteiger partial charge in [-0.3, -0.25) is 4.79 Å². The van der Waals surface area contributed by atoms with Crippen molar-refractivity contribution in [3.05, 3.63) is 11.3 Å². The van der Waals surface area contributed by atoms with Crippen molar-refractivity contribution in [2.45, 2.75) is 32.6 Å². The van der Waals surface area contributed by atoms with Gasteiger partial charge in [0.2, 0.25) is 5.91 Å². The number of rotatable bonds is 5. The molecule has 0 saturated carbocycles. The quantitative estimate of drug-likeness (QED) is 0.868. The Hall–Kier alpha value is -1.47. The zero-order chi connectivity index (χ0) is 15.4. The van der Waals surface area contributed by atoms with Gasteiger partial charge >= 0.3 is 5.97 Å². The molecular weight excluding hydrogens is 290 g/mol. The Bertz CT molecular complexity index is 524. The smallest absolute Gasteiger partial charge is 0.340 e. The molecule has 1 saturated heterocycles. The van der Waals surface area contributed by atoms with Gasteiger partial charge in [-0.2, -0.15) is 4.37 Å². The van der Waals surface area contributed by atoms with Crippen LogP contribution in [-0.2, 0) is 4.79 Å². The number of hydrogen-bond acceptors (Lipinski definition) is 5. The van der Waals surface area contributed by atoms with E-state index in [1.165, 1.54) is 4.90 Å². The molecule has 1 aromatic rings. The number of hydrogen-bond donors (Lipinski definition) is 2. The van der Waals surface area contributed by atoms with Gasteiger partial charge in [-0.15, -0.1) is 0 Å². The molecule has 0 aromatic carbocycles. The van der Waals surface area contributed by atoms with Crippen LogP contribution in [0.4, 0.5) is 5.00 Å². The number of carbonyl (C=O) groups is 2. The third kappa shape index (κ3) is 3.79. The van der Waals surface area contributed by atoms with Crippen LogP contribution >= 0.6 is 11.5 Å². The third-order valence-corrected chi connectivity index (χ3v) is 4.98. The summed E-state index contributed by atoms with van der Waals surface area (Å²) in [4.78, 5) is 25.0. The van der Waals surface area contributed by atoms with Gasteiger partial charge in [0.05, 0.1) is 5.69 Å². The Kier molecular flexibility index (Phi) is 5.30. The van der Waals surface area contributed by atoms with E-state index in [-0.39, 0.29) is 11.5 Å². The first-order valence-electron chi connectivity index (χ1n) is 7.17. The average Bonchev–Trinajstić information content (AvgIpc) is 2.87. The summed E-state index contributed by atoms with van der Waals surface area (Å²) in [5, 5.41) is 13.0. The summed E-state index contributed by atoms with van der Waals surface area (Å²) in [7, 11) is 1.63. The molecule has 1 aliphatic rings. The van der Waals surface area contributed by atoms with Gasteiger partial charge in [-0.05, 0) is 56.7 Å². The number of carboxylic acids is 1. The predicted molar refractivity (Wildman–Crippen MR) is 82.0 cm³/mol. The molecule has 1 aromatic heterocycles. The first-order chi connectivity index (χ1) is 10.0. The molecule has 0 spiro atoms. The summed E-state index contributed by atoms with van der Waals surface area (Å²) in [5.41, 5.74) is 0.596. The topological polar surface area (TPSA) is 82.5 Å². The zero-order valence-corrected chi connectivity index (χ0v) is 13.2. The van der Waals surface area contributed by atoms with Crippen molar-refractivity contribution in [1.29, 1.82) is 0 Å². The Morgan fingerprint density at radius 2 is 2.10 bits per heavy atom. The van der Waals surface area contributed by atoms with Crippen LogP contribution in [0.25, 0.3) is 0 Å². The number of nitrogens with zero attached hydrogens (tertiary/aromatic N) is 2. The largest absolute Gasteiger partial charge is 0.478 e. The minimum Gasteiger partial charge on any atom is -0.478 e. The highest BCUT2D eigenvalue weighted by Crippen LogP contribution is 2.29. The lowest BCUT2D eigenvalue weighted by Gasteiger charge is -2.23. The Labute approximate surface area is 128 Å². The van der Waals surface area contributed by atoms with E-state index in [1.54, 1.807) is 14.0 Å². The van der Waals surface area contributed by atoms with Crippen molar-refractivity contribution < 1.29 is 14.7 Å². The second-order valence-corrected chi connectivity index (χ2v) is 6.19. The molecule has 2 N–H and O–H groups in total. The molecule has 2 heterocycles. The van der Waals surface area contributed by atoms with Crippen molar-refractivity contribution in [3.63, 3.8) is 0 Å². The molecule has 1 fully saturated rings. The Morgan fingerprint density at radius 3 is 2.71 bits per heavy atom. The molecule has 0 aliphatic carbocycles. The number of anilines is 1. The zero-order valence-electron chi connectivity index (χ0n) is 12.4. The molecule has 21 heavy (non-hydrogen) atoms. The van der Waals surface area contributed by atoms with Gasteiger partial charge < -0.3 is 15.3 Å². The summed E-state index contributed by atoms with van der Waals surface area (Å²) < 4.78 is 4.05. The highest BCUT2D eigenvalue weighted by Gasteiger charge is 2.24. The average molecular weight is 311 g/mol. The molecule has 1 amide bonds. The minimum absolute atomic E-state index is 0.0420. The molecular formula is C14H21N3O3S. The number of aryl methyl sites for hydroxylation is 1. The summed E-state index contributed by atoms with van der Waals surface area (Å²) in [6.45, 7) is 3.69. The highest BCUT2D eigenvalue weighted by atomic mass is 32.1. The molecule has 7 heteroatoms. The van der Waals surface area contributed by atoms with Crippen molar-refractivity contribution in [3.8, 4) is 0 Å². The van der Waals surface area contributed by atoms with Crippen molar-refractivity contribution in [2.24, 2.45) is 5.92 Å². The maximum atomic E-state index is 12.3. The van der Waals surface area contributed by atoms with E-state index >= 15 is 0 Å². The predicted octanol–water partition coefficient (Wildman–Crippen LogP) is 1.89. The second-order valence-electron chi connectivity index (χ2n) is 5.44. The number of carboxylic acid groups (broad SMARTS) is 1. The van der Waals surface area contributed by atoms with Crippen molar-refractivity contribution in [1.82, 2.24) is 9.69 Å².